The van der Waals surface area contributed by atoms with Crippen LogP contribution in [0, 0.1) is 0 Å². The fraction of sp³-hybridized carbons (Fsp3) is 0.467. The fourth-order valence-corrected chi connectivity index (χ4v) is 2.70. The molecule has 1 N–H and O–H groups in total. The quantitative estimate of drug-likeness (QED) is 0.791. The predicted molar refractivity (Wildman–Crippen MR) is 67.1 cm³/mol. The van der Waals surface area contributed by atoms with Gasteiger partial charge in [0.25, 0.3) is 0 Å². The van der Waals surface area contributed by atoms with Crippen LogP contribution in [0.5, 0.6) is 5.75 Å². The smallest absolute Gasteiger partial charge is 0.120 e. The molecule has 1 aromatic carbocycles. The molecule has 2 atom stereocenters. The molecule has 0 saturated heterocycles. The van der Waals surface area contributed by atoms with Crippen molar-refractivity contribution in [3.05, 3.63) is 41.5 Å². The van der Waals surface area contributed by atoms with Crippen molar-refractivity contribution < 1.29 is 9.84 Å². The van der Waals surface area contributed by atoms with Crippen LogP contribution < -0.4 is 4.74 Å². The molecule has 2 aliphatic rings. The summed E-state index contributed by atoms with van der Waals surface area (Å²) in [4.78, 5) is 0. The van der Waals surface area contributed by atoms with Crippen molar-refractivity contribution in [1.82, 2.24) is 0 Å². The summed E-state index contributed by atoms with van der Waals surface area (Å²) in [5, 5.41) is 9.74. The number of benzene rings is 1. The van der Waals surface area contributed by atoms with Gasteiger partial charge in [-0.1, -0.05) is 12.1 Å². The number of hydrogen-bond acceptors (Lipinski definition) is 2. The molecule has 0 aliphatic heterocycles. The lowest BCUT2D eigenvalue weighted by atomic mass is 10.1. The van der Waals surface area contributed by atoms with Gasteiger partial charge in [-0.15, -0.1) is 0 Å². The molecular formula is C15H18O2. The Kier molecular flexibility index (Phi) is 2.89. The average molecular weight is 230 g/mol. The third-order valence-electron chi connectivity index (χ3n) is 3.66. The molecule has 90 valence electrons. The van der Waals surface area contributed by atoms with E-state index in [9.17, 15) is 5.11 Å². The first-order chi connectivity index (χ1) is 8.33. The van der Waals surface area contributed by atoms with E-state index < -0.39 is 0 Å². The van der Waals surface area contributed by atoms with Crippen LogP contribution in [0.25, 0.3) is 0 Å². The maximum Gasteiger partial charge on any atom is 0.120 e. The van der Waals surface area contributed by atoms with Gasteiger partial charge in [-0.2, -0.15) is 0 Å². The molecule has 2 aliphatic carbocycles. The Bertz CT molecular complexity index is 437. The van der Waals surface area contributed by atoms with Gasteiger partial charge in [-0.05, 0) is 61.4 Å². The van der Waals surface area contributed by atoms with Crippen molar-refractivity contribution in [2.45, 2.75) is 44.3 Å². The molecule has 0 bridgehead atoms. The third kappa shape index (κ3) is 2.22. The number of aryl methyl sites for hydroxylation is 1. The van der Waals surface area contributed by atoms with Crippen molar-refractivity contribution in [2.75, 3.05) is 0 Å². The zero-order valence-corrected chi connectivity index (χ0v) is 9.93. The van der Waals surface area contributed by atoms with Crippen LogP contribution >= 0.6 is 0 Å². The first kappa shape index (κ1) is 10.8. The highest BCUT2D eigenvalue weighted by Gasteiger charge is 2.20. The van der Waals surface area contributed by atoms with Crippen LogP contribution in [0.4, 0.5) is 0 Å². The summed E-state index contributed by atoms with van der Waals surface area (Å²) < 4.78 is 5.95. The lowest BCUT2D eigenvalue weighted by molar-refractivity contribution is 0.180. The van der Waals surface area contributed by atoms with Gasteiger partial charge in [0.2, 0.25) is 0 Å². The molecule has 1 aromatic rings. The van der Waals surface area contributed by atoms with E-state index in [1.807, 2.05) is 12.1 Å². The summed E-state index contributed by atoms with van der Waals surface area (Å²) in [6.45, 7) is 0. The van der Waals surface area contributed by atoms with Crippen molar-refractivity contribution in [3.8, 4) is 5.75 Å². The summed E-state index contributed by atoms with van der Waals surface area (Å²) in [5.41, 5.74) is 2.33. The standard InChI is InChI=1S/C15H18O2/c16-15-9-6-11-10-13(7-8-14(11)15)17-12-4-2-1-3-5-12/h2,4,7-8,10,12,15-16H,1,3,5-6,9H2. The highest BCUT2D eigenvalue weighted by molar-refractivity contribution is 5.40. The van der Waals surface area contributed by atoms with Gasteiger partial charge in [0.15, 0.2) is 0 Å². The Morgan fingerprint density at radius 3 is 3.00 bits per heavy atom. The molecule has 0 heterocycles. The highest BCUT2D eigenvalue weighted by atomic mass is 16.5. The van der Waals surface area contributed by atoms with Crippen LogP contribution in [0.15, 0.2) is 30.4 Å². The van der Waals surface area contributed by atoms with Gasteiger partial charge in [0.1, 0.15) is 11.9 Å². The minimum Gasteiger partial charge on any atom is -0.486 e. The zero-order valence-electron chi connectivity index (χ0n) is 9.93. The normalized spacial score (nSPS) is 26.9. The van der Waals surface area contributed by atoms with Crippen LogP contribution in [-0.2, 0) is 6.42 Å². The second-order valence-corrected chi connectivity index (χ2v) is 4.93. The van der Waals surface area contributed by atoms with E-state index in [2.05, 4.69) is 18.2 Å². The molecule has 0 fully saturated rings. The van der Waals surface area contributed by atoms with Crippen LogP contribution in [0.3, 0.4) is 0 Å². The fourth-order valence-electron chi connectivity index (χ4n) is 2.70. The second kappa shape index (κ2) is 4.53. The predicted octanol–water partition coefficient (Wildman–Crippen LogP) is 3.15. The molecule has 2 heteroatoms. The Hall–Kier alpha value is -1.28. The van der Waals surface area contributed by atoms with Gasteiger partial charge in [0, 0.05) is 0 Å². The number of aliphatic hydroxyl groups excluding tert-OH is 1. The monoisotopic (exact) mass is 230 g/mol. The zero-order chi connectivity index (χ0) is 11.7. The number of fused-ring (bicyclic) bond motifs is 1. The van der Waals surface area contributed by atoms with E-state index in [0.29, 0.717) is 0 Å². The Morgan fingerprint density at radius 1 is 1.24 bits per heavy atom. The first-order valence-electron chi connectivity index (χ1n) is 6.47. The first-order valence-corrected chi connectivity index (χ1v) is 6.47. The molecule has 0 amide bonds. The largest absolute Gasteiger partial charge is 0.486 e. The number of allylic oxidation sites excluding steroid dienone is 1. The molecule has 0 radical (unpaired) electrons. The molecule has 0 saturated carbocycles. The molecule has 0 spiro atoms. The van der Waals surface area contributed by atoms with Crippen molar-refractivity contribution in [3.63, 3.8) is 0 Å². The number of aliphatic hydroxyl groups is 1. The minimum atomic E-state index is -0.270. The van der Waals surface area contributed by atoms with E-state index in [1.54, 1.807) is 0 Å². The number of rotatable bonds is 2. The lowest BCUT2D eigenvalue weighted by Gasteiger charge is -2.19. The summed E-state index contributed by atoms with van der Waals surface area (Å²) in [6, 6.07) is 6.08. The van der Waals surface area contributed by atoms with Crippen LogP contribution in [-0.4, -0.2) is 11.2 Å². The van der Waals surface area contributed by atoms with Gasteiger partial charge >= 0.3 is 0 Å². The third-order valence-corrected chi connectivity index (χ3v) is 3.66. The maximum atomic E-state index is 9.74. The Labute approximate surface area is 102 Å². The number of ether oxygens (including phenoxy) is 1. The SMILES string of the molecule is OC1CCc2cc(OC3C=CCCC3)ccc21. The molecule has 3 rings (SSSR count). The van der Waals surface area contributed by atoms with Gasteiger partial charge in [-0.25, -0.2) is 0 Å². The molecule has 17 heavy (non-hydrogen) atoms. The second-order valence-electron chi connectivity index (χ2n) is 4.93. The van der Waals surface area contributed by atoms with Crippen LogP contribution in [0.1, 0.15) is 42.9 Å². The minimum absolute atomic E-state index is 0.230. The summed E-state index contributed by atoms with van der Waals surface area (Å²) in [5.74, 6) is 0.939. The molecule has 2 unspecified atom stereocenters. The maximum absolute atomic E-state index is 9.74. The Balaban J connectivity index is 1.76. The van der Waals surface area contributed by atoms with E-state index in [1.165, 1.54) is 18.4 Å². The summed E-state index contributed by atoms with van der Waals surface area (Å²) in [7, 11) is 0. The molecule has 2 nitrogen and oxygen atoms in total. The van der Waals surface area contributed by atoms with Gasteiger partial charge in [-0.3, -0.25) is 0 Å². The highest BCUT2D eigenvalue weighted by Crippen LogP contribution is 2.33. The topological polar surface area (TPSA) is 29.5 Å². The average Bonchev–Trinajstić information content (AvgIpc) is 2.72. The van der Waals surface area contributed by atoms with E-state index in [4.69, 9.17) is 4.74 Å². The molecule has 0 aromatic heterocycles. The van der Waals surface area contributed by atoms with Crippen molar-refractivity contribution in [1.29, 1.82) is 0 Å². The van der Waals surface area contributed by atoms with E-state index in [-0.39, 0.29) is 12.2 Å². The lowest BCUT2D eigenvalue weighted by Crippen LogP contribution is -2.15. The van der Waals surface area contributed by atoms with Gasteiger partial charge < -0.3 is 9.84 Å². The Morgan fingerprint density at radius 2 is 2.18 bits per heavy atom. The van der Waals surface area contributed by atoms with Crippen molar-refractivity contribution >= 4 is 0 Å². The van der Waals surface area contributed by atoms with Gasteiger partial charge in [0.05, 0.1) is 6.10 Å². The van der Waals surface area contributed by atoms with Crippen molar-refractivity contribution in [2.24, 2.45) is 0 Å². The summed E-state index contributed by atoms with van der Waals surface area (Å²) in [6.07, 6.45) is 9.63. The van der Waals surface area contributed by atoms with E-state index in [0.717, 1.165) is 30.6 Å². The number of hydrogen-bond donors (Lipinski definition) is 1. The molecular weight excluding hydrogens is 212 g/mol. The summed E-state index contributed by atoms with van der Waals surface area (Å²) >= 11 is 0. The van der Waals surface area contributed by atoms with E-state index >= 15 is 0 Å². The van der Waals surface area contributed by atoms with Crippen LogP contribution in [0.2, 0.25) is 0 Å².